The van der Waals surface area contributed by atoms with Crippen LogP contribution in [-0.2, 0) is 0 Å². The minimum absolute atomic E-state index is 0.0135. The van der Waals surface area contributed by atoms with Crippen molar-refractivity contribution in [1.29, 1.82) is 0 Å². The van der Waals surface area contributed by atoms with E-state index in [1.165, 1.54) is 12.8 Å². The number of carbonyl (C=O) groups is 1. The first kappa shape index (κ1) is 15.7. The number of urea groups is 1. The van der Waals surface area contributed by atoms with Gasteiger partial charge in [0.05, 0.1) is 6.04 Å². The molecule has 1 heterocycles. The molecule has 122 valence electrons. The predicted octanol–water partition coefficient (Wildman–Crippen LogP) is 2.79. The SMILES string of the molecule is CN(C(=O)NC(c1nccs1)C1CC1)C1CCC(CO)CC1. The third-order valence-corrected chi connectivity index (χ3v) is 5.89. The van der Waals surface area contributed by atoms with Gasteiger partial charge in [0.1, 0.15) is 5.01 Å². The first-order valence-electron chi connectivity index (χ1n) is 8.22. The van der Waals surface area contributed by atoms with Crippen molar-refractivity contribution in [3.8, 4) is 0 Å². The predicted molar refractivity (Wildman–Crippen MR) is 86.7 cm³/mol. The zero-order valence-electron chi connectivity index (χ0n) is 13.1. The van der Waals surface area contributed by atoms with Crippen molar-refractivity contribution >= 4 is 17.4 Å². The number of aliphatic hydroxyl groups excluding tert-OH is 1. The van der Waals surface area contributed by atoms with Gasteiger partial charge in [0, 0.05) is 31.3 Å². The summed E-state index contributed by atoms with van der Waals surface area (Å²) in [6.07, 6.45) is 8.16. The second kappa shape index (κ2) is 6.96. The van der Waals surface area contributed by atoms with E-state index < -0.39 is 0 Å². The van der Waals surface area contributed by atoms with Crippen LogP contribution < -0.4 is 5.32 Å². The fraction of sp³-hybridized carbons (Fsp3) is 0.750. The van der Waals surface area contributed by atoms with Crippen molar-refractivity contribution in [3.63, 3.8) is 0 Å². The molecule has 2 saturated carbocycles. The Kier molecular flexibility index (Phi) is 4.98. The highest BCUT2D eigenvalue weighted by Crippen LogP contribution is 2.41. The molecule has 0 saturated heterocycles. The summed E-state index contributed by atoms with van der Waals surface area (Å²) in [5, 5.41) is 15.4. The average Bonchev–Trinajstić information content (AvgIpc) is 3.25. The van der Waals surface area contributed by atoms with Gasteiger partial charge in [-0.2, -0.15) is 0 Å². The number of carbonyl (C=O) groups excluding carboxylic acids is 1. The smallest absolute Gasteiger partial charge is 0.317 e. The fourth-order valence-electron chi connectivity index (χ4n) is 3.31. The number of rotatable bonds is 5. The summed E-state index contributed by atoms with van der Waals surface area (Å²) in [5.41, 5.74) is 0. The lowest BCUT2D eigenvalue weighted by Crippen LogP contribution is -2.46. The Bertz CT molecular complexity index is 482. The van der Waals surface area contributed by atoms with E-state index in [9.17, 15) is 9.90 Å². The summed E-state index contributed by atoms with van der Waals surface area (Å²) in [5.74, 6) is 0.968. The van der Waals surface area contributed by atoms with Crippen LogP contribution in [0.1, 0.15) is 49.6 Å². The highest BCUT2D eigenvalue weighted by molar-refractivity contribution is 7.09. The molecule has 6 heteroatoms. The molecule has 0 bridgehead atoms. The summed E-state index contributed by atoms with van der Waals surface area (Å²) < 4.78 is 0. The molecule has 2 aliphatic rings. The van der Waals surface area contributed by atoms with Gasteiger partial charge >= 0.3 is 6.03 Å². The molecule has 2 aliphatic carbocycles. The zero-order valence-corrected chi connectivity index (χ0v) is 13.9. The number of amides is 2. The molecular weight excluding hydrogens is 298 g/mol. The van der Waals surface area contributed by atoms with Crippen LogP contribution in [0.5, 0.6) is 0 Å². The largest absolute Gasteiger partial charge is 0.396 e. The van der Waals surface area contributed by atoms with Crippen LogP contribution in [0.15, 0.2) is 11.6 Å². The van der Waals surface area contributed by atoms with Crippen LogP contribution in [0, 0.1) is 11.8 Å². The van der Waals surface area contributed by atoms with Crippen molar-refractivity contribution in [2.45, 2.75) is 50.6 Å². The summed E-state index contributed by atoms with van der Waals surface area (Å²) in [7, 11) is 1.89. The summed E-state index contributed by atoms with van der Waals surface area (Å²) >= 11 is 1.62. The number of hydrogen-bond acceptors (Lipinski definition) is 4. The highest BCUT2D eigenvalue weighted by atomic mass is 32.1. The van der Waals surface area contributed by atoms with Gasteiger partial charge in [0.15, 0.2) is 0 Å². The molecule has 2 N–H and O–H groups in total. The first-order valence-corrected chi connectivity index (χ1v) is 9.10. The van der Waals surface area contributed by atoms with E-state index in [2.05, 4.69) is 10.3 Å². The number of thiazole rings is 1. The van der Waals surface area contributed by atoms with Crippen LogP contribution in [0.2, 0.25) is 0 Å². The second-order valence-electron chi connectivity index (χ2n) is 6.60. The van der Waals surface area contributed by atoms with Gasteiger partial charge < -0.3 is 15.3 Å². The molecule has 2 fully saturated rings. The number of nitrogens with one attached hydrogen (secondary N) is 1. The molecule has 0 aromatic carbocycles. The van der Waals surface area contributed by atoms with Gasteiger partial charge in [-0.3, -0.25) is 0 Å². The summed E-state index contributed by atoms with van der Waals surface area (Å²) in [6.45, 7) is 0.274. The molecule has 1 unspecified atom stereocenters. The molecule has 0 aliphatic heterocycles. The van der Waals surface area contributed by atoms with Crippen LogP contribution in [0.25, 0.3) is 0 Å². The quantitative estimate of drug-likeness (QED) is 0.875. The van der Waals surface area contributed by atoms with Crippen molar-refractivity contribution < 1.29 is 9.90 Å². The topological polar surface area (TPSA) is 65.5 Å². The Labute approximate surface area is 135 Å². The zero-order chi connectivity index (χ0) is 15.5. The maximum Gasteiger partial charge on any atom is 0.317 e. The van der Waals surface area contributed by atoms with Gasteiger partial charge in [0.2, 0.25) is 0 Å². The molecule has 3 rings (SSSR count). The maximum absolute atomic E-state index is 12.6. The lowest BCUT2D eigenvalue weighted by molar-refractivity contribution is 0.132. The molecule has 2 amide bonds. The van der Waals surface area contributed by atoms with Gasteiger partial charge in [-0.05, 0) is 50.4 Å². The van der Waals surface area contributed by atoms with E-state index in [0.29, 0.717) is 17.9 Å². The van der Waals surface area contributed by atoms with E-state index in [0.717, 1.165) is 30.7 Å². The third-order valence-electron chi connectivity index (χ3n) is 5.03. The maximum atomic E-state index is 12.6. The summed E-state index contributed by atoms with van der Waals surface area (Å²) in [4.78, 5) is 18.8. The van der Waals surface area contributed by atoms with Gasteiger partial charge in [0.25, 0.3) is 0 Å². The van der Waals surface area contributed by atoms with Crippen LogP contribution in [0.4, 0.5) is 4.79 Å². The lowest BCUT2D eigenvalue weighted by Gasteiger charge is -2.35. The molecule has 1 aromatic heterocycles. The number of nitrogens with zero attached hydrogens (tertiary/aromatic N) is 2. The lowest BCUT2D eigenvalue weighted by atomic mass is 9.86. The van der Waals surface area contributed by atoms with Gasteiger partial charge in [-0.1, -0.05) is 0 Å². The normalized spacial score (nSPS) is 26.5. The number of hydrogen-bond donors (Lipinski definition) is 2. The van der Waals surface area contributed by atoms with E-state index in [-0.39, 0.29) is 18.7 Å². The molecular formula is C16H25N3O2S. The monoisotopic (exact) mass is 323 g/mol. The van der Waals surface area contributed by atoms with Crippen molar-refractivity contribution in [1.82, 2.24) is 15.2 Å². The number of aromatic nitrogens is 1. The molecule has 1 atom stereocenters. The van der Waals surface area contributed by atoms with E-state index in [4.69, 9.17) is 0 Å². The minimum atomic E-state index is 0.0135. The van der Waals surface area contributed by atoms with Gasteiger partial charge in [-0.15, -0.1) is 11.3 Å². The Hall–Kier alpha value is -1.14. The molecule has 1 aromatic rings. The van der Waals surface area contributed by atoms with E-state index >= 15 is 0 Å². The summed E-state index contributed by atoms with van der Waals surface area (Å²) in [6, 6.07) is 0.377. The standard InChI is InChI=1S/C16H25N3O2S/c1-19(13-6-2-11(10-20)3-7-13)16(21)18-14(12-4-5-12)15-17-8-9-22-15/h8-9,11-14,20H,2-7,10H2,1H3,(H,18,21). The molecule has 0 spiro atoms. The average molecular weight is 323 g/mol. The Morgan fingerprint density at radius 3 is 2.68 bits per heavy atom. The fourth-order valence-corrected chi connectivity index (χ4v) is 4.10. The molecule has 22 heavy (non-hydrogen) atoms. The van der Waals surface area contributed by atoms with E-state index in [1.54, 1.807) is 17.5 Å². The Morgan fingerprint density at radius 2 is 2.14 bits per heavy atom. The van der Waals surface area contributed by atoms with E-state index in [1.807, 2.05) is 17.3 Å². The van der Waals surface area contributed by atoms with Crippen molar-refractivity contribution in [3.05, 3.63) is 16.6 Å². The van der Waals surface area contributed by atoms with Crippen molar-refractivity contribution in [2.75, 3.05) is 13.7 Å². The Balaban J connectivity index is 1.56. The molecule has 5 nitrogen and oxygen atoms in total. The van der Waals surface area contributed by atoms with Crippen LogP contribution in [-0.4, -0.2) is 40.7 Å². The van der Waals surface area contributed by atoms with Gasteiger partial charge in [-0.25, -0.2) is 9.78 Å². The third kappa shape index (κ3) is 3.60. The van der Waals surface area contributed by atoms with Crippen LogP contribution >= 0.6 is 11.3 Å². The highest BCUT2D eigenvalue weighted by Gasteiger charge is 2.36. The first-order chi connectivity index (χ1) is 10.7. The minimum Gasteiger partial charge on any atom is -0.396 e. The molecule has 0 radical (unpaired) electrons. The second-order valence-corrected chi connectivity index (χ2v) is 7.53. The number of aliphatic hydroxyl groups is 1. The van der Waals surface area contributed by atoms with Crippen molar-refractivity contribution in [2.24, 2.45) is 11.8 Å². The Morgan fingerprint density at radius 1 is 1.41 bits per heavy atom. The van der Waals surface area contributed by atoms with Crippen LogP contribution in [0.3, 0.4) is 0 Å².